The first-order valence-electron chi connectivity index (χ1n) is 7.67. The van der Waals surface area contributed by atoms with E-state index in [1.807, 2.05) is 0 Å². The van der Waals surface area contributed by atoms with E-state index in [2.05, 4.69) is 20.3 Å². The molecule has 0 saturated carbocycles. The Kier molecular flexibility index (Phi) is 5.08. The zero-order valence-corrected chi connectivity index (χ0v) is 13.0. The van der Waals surface area contributed by atoms with Gasteiger partial charge in [0.15, 0.2) is 5.82 Å². The molecule has 3 rings (SSSR count). The molecule has 0 atom stereocenters. The minimum Gasteiger partial charge on any atom is -0.396 e. The monoisotopic (exact) mass is 324 g/mol. The highest BCUT2D eigenvalue weighted by Crippen LogP contribution is 2.26. The molecule has 0 saturated heterocycles. The summed E-state index contributed by atoms with van der Waals surface area (Å²) >= 11 is 0. The molecule has 24 heavy (non-hydrogen) atoms. The maximum Gasteiger partial charge on any atom is 0.162 e. The molecule has 2 aromatic heterocycles. The van der Waals surface area contributed by atoms with Crippen LogP contribution in [0.4, 0.5) is 10.2 Å². The lowest BCUT2D eigenvalue weighted by atomic mass is 10.1. The largest absolute Gasteiger partial charge is 0.396 e. The Morgan fingerprint density at radius 2 is 1.83 bits per heavy atom. The van der Waals surface area contributed by atoms with Crippen molar-refractivity contribution < 1.29 is 9.50 Å². The van der Waals surface area contributed by atoms with Crippen molar-refractivity contribution in [3.63, 3.8) is 0 Å². The molecular weight excluding hydrogens is 307 g/mol. The van der Waals surface area contributed by atoms with E-state index in [9.17, 15) is 4.39 Å². The van der Waals surface area contributed by atoms with Crippen molar-refractivity contribution in [3.05, 3.63) is 60.7 Å². The Morgan fingerprint density at radius 3 is 2.58 bits per heavy atom. The predicted octanol–water partition coefficient (Wildman–Crippen LogP) is 3.14. The smallest absolute Gasteiger partial charge is 0.162 e. The minimum atomic E-state index is -0.335. The zero-order chi connectivity index (χ0) is 16.8. The lowest BCUT2D eigenvalue weighted by Gasteiger charge is -2.10. The number of aromatic nitrogens is 3. The van der Waals surface area contributed by atoms with Gasteiger partial charge in [0.2, 0.25) is 0 Å². The number of rotatable bonds is 6. The number of hydrogen-bond donors (Lipinski definition) is 2. The van der Waals surface area contributed by atoms with Gasteiger partial charge in [-0.3, -0.25) is 4.98 Å². The van der Waals surface area contributed by atoms with E-state index in [0.717, 1.165) is 5.56 Å². The molecule has 0 bridgehead atoms. The summed E-state index contributed by atoms with van der Waals surface area (Å²) in [6.07, 6.45) is 3.92. The molecule has 3 aromatic rings. The van der Waals surface area contributed by atoms with Crippen LogP contribution in [0.1, 0.15) is 6.42 Å². The van der Waals surface area contributed by atoms with E-state index < -0.39 is 0 Å². The molecule has 1 aromatic carbocycles. The van der Waals surface area contributed by atoms with Crippen LogP contribution in [0, 0.1) is 5.82 Å². The van der Waals surface area contributed by atoms with Gasteiger partial charge >= 0.3 is 0 Å². The van der Waals surface area contributed by atoms with Gasteiger partial charge in [-0.15, -0.1) is 0 Å². The van der Waals surface area contributed by atoms with Gasteiger partial charge in [0.1, 0.15) is 11.6 Å². The van der Waals surface area contributed by atoms with Gasteiger partial charge in [-0.25, -0.2) is 14.4 Å². The van der Waals surface area contributed by atoms with Gasteiger partial charge in [0.05, 0.1) is 5.69 Å². The second-order valence-corrected chi connectivity index (χ2v) is 5.18. The molecule has 2 N–H and O–H groups in total. The third-order valence-corrected chi connectivity index (χ3v) is 3.46. The maximum atomic E-state index is 14.1. The van der Waals surface area contributed by atoms with Crippen LogP contribution in [-0.2, 0) is 0 Å². The normalized spacial score (nSPS) is 10.6. The van der Waals surface area contributed by atoms with Crippen LogP contribution < -0.4 is 5.32 Å². The van der Waals surface area contributed by atoms with Crippen molar-refractivity contribution in [2.24, 2.45) is 0 Å². The first-order chi connectivity index (χ1) is 11.8. The van der Waals surface area contributed by atoms with Crippen LogP contribution in [0.5, 0.6) is 0 Å². The fourth-order valence-electron chi connectivity index (χ4n) is 2.27. The number of hydrogen-bond acceptors (Lipinski definition) is 5. The van der Waals surface area contributed by atoms with Gasteiger partial charge in [-0.1, -0.05) is 12.1 Å². The summed E-state index contributed by atoms with van der Waals surface area (Å²) in [5.74, 6) is 0.742. The van der Waals surface area contributed by atoms with E-state index in [-0.39, 0.29) is 12.4 Å². The van der Waals surface area contributed by atoms with Gasteiger partial charge < -0.3 is 10.4 Å². The lowest BCUT2D eigenvalue weighted by Crippen LogP contribution is -2.07. The van der Waals surface area contributed by atoms with Gasteiger partial charge in [-0.2, -0.15) is 0 Å². The summed E-state index contributed by atoms with van der Waals surface area (Å²) in [6.45, 7) is 0.662. The number of aliphatic hydroxyl groups is 1. The number of nitrogens with one attached hydrogen (secondary N) is 1. The van der Waals surface area contributed by atoms with Crippen LogP contribution in [-0.4, -0.2) is 33.2 Å². The van der Waals surface area contributed by atoms with Crippen molar-refractivity contribution >= 4 is 5.82 Å². The second-order valence-electron chi connectivity index (χ2n) is 5.18. The van der Waals surface area contributed by atoms with Gasteiger partial charge in [0, 0.05) is 42.7 Å². The quantitative estimate of drug-likeness (QED) is 0.682. The first kappa shape index (κ1) is 16.0. The number of anilines is 1. The zero-order valence-electron chi connectivity index (χ0n) is 13.0. The molecule has 0 aliphatic heterocycles. The number of pyridine rings is 1. The SMILES string of the molecule is OCCCNc1cc(-c2ccccc2F)nc(-c2ccncc2)n1. The first-order valence-corrected chi connectivity index (χ1v) is 7.67. The fraction of sp³-hybridized carbons (Fsp3) is 0.167. The molecule has 0 unspecified atom stereocenters. The summed E-state index contributed by atoms with van der Waals surface area (Å²) in [5.41, 5.74) is 1.72. The maximum absolute atomic E-state index is 14.1. The highest BCUT2D eigenvalue weighted by atomic mass is 19.1. The topological polar surface area (TPSA) is 70.9 Å². The standard InChI is InChI=1S/C18H17FN4O/c19-15-5-2-1-4-14(15)16-12-17(21-8-3-11-24)23-18(22-16)13-6-9-20-10-7-13/h1-2,4-7,9-10,12,24H,3,8,11H2,(H,21,22,23). The second kappa shape index (κ2) is 7.61. The highest BCUT2D eigenvalue weighted by Gasteiger charge is 2.11. The van der Waals surface area contributed by atoms with E-state index in [1.54, 1.807) is 48.8 Å². The summed E-state index contributed by atoms with van der Waals surface area (Å²) in [4.78, 5) is 13.0. The number of nitrogens with zero attached hydrogens (tertiary/aromatic N) is 3. The van der Waals surface area contributed by atoms with Crippen molar-refractivity contribution in [2.75, 3.05) is 18.5 Å². The molecule has 0 amide bonds. The molecule has 0 spiro atoms. The van der Waals surface area contributed by atoms with E-state index >= 15 is 0 Å². The van der Waals surface area contributed by atoms with Crippen molar-refractivity contribution in [2.45, 2.75) is 6.42 Å². The molecule has 5 nitrogen and oxygen atoms in total. The molecule has 6 heteroatoms. The Morgan fingerprint density at radius 1 is 1.04 bits per heavy atom. The summed E-state index contributed by atoms with van der Waals surface area (Å²) < 4.78 is 14.1. The van der Waals surface area contributed by atoms with Crippen LogP contribution in [0.2, 0.25) is 0 Å². The van der Waals surface area contributed by atoms with Crippen LogP contribution in [0.25, 0.3) is 22.6 Å². The number of benzene rings is 1. The van der Waals surface area contributed by atoms with Crippen LogP contribution in [0.3, 0.4) is 0 Å². The van der Waals surface area contributed by atoms with Crippen molar-refractivity contribution in [1.82, 2.24) is 15.0 Å². The summed E-state index contributed by atoms with van der Waals surface area (Å²) in [7, 11) is 0. The predicted molar refractivity (Wildman–Crippen MR) is 90.8 cm³/mol. The molecule has 122 valence electrons. The van der Waals surface area contributed by atoms with E-state index in [4.69, 9.17) is 5.11 Å². The third kappa shape index (κ3) is 3.72. The Hall–Kier alpha value is -2.86. The minimum absolute atomic E-state index is 0.0927. The summed E-state index contributed by atoms with van der Waals surface area (Å²) in [6, 6.07) is 11.8. The molecular formula is C18H17FN4O. The lowest BCUT2D eigenvalue weighted by molar-refractivity contribution is 0.292. The molecule has 2 heterocycles. The molecule has 0 aliphatic rings. The molecule has 0 fully saturated rings. The van der Waals surface area contributed by atoms with Crippen molar-refractivity contribution in [3.8, 4) is 22.6 Å². The molecule has 0 aliphatic carbocycles. The highest BCUT2D eigenvalue weighted by molar-refractivity contribution is 5.67. The Balaban J connectivity index is 2.04. The van der Waals surface area contributed by atoms with Crippen molar-refractivity contribution in [1.29, 1.82) is 0 Å². The van der Waals surface area contributed by atoms with Gasteiger partial charge in [0.25, 0.3) is 0 Å². The summed E-state index contributed by atoms with van der Waals surface area (Å²) in [5, 5.41) is 12.1. The van der Waals surface area contributed by atoms with Crippen LogP contribution in [0.15, 0.2) is 54.9 Å². The van der Waals surface area contributed by atoms with E-state index in [0.29, 0.717) is 35.9 Å². The number of aliphatic hydroxyl groups excluding tert-OH is 1. The molecule has 0 radical (unpaired) electrons. The van der Waals surface area contributed by atoms with E-state index in [1.165, 1.54) is 6.07 Å². The third-order valence-electron chi connectivity index (χ3n) is 3.46. The van der Waals surface area contributed by atoms with Crippen LogP contribution >= 0.6 is 0 Å². The Labute approximate surface area is 139 Å². The number of halogens is 1. The average Bonchev–Trinajstić information content (AvgIpc) is 2.63. The fourth-order valence-corrected chi connectivity index (χ4v) is 2.27. The van der Waals surface area contributed by atoms with Gasteiger partial charge in [-0.05, 0) is 30.7 Å². The average molecular weight is 324 g/mol. The Bertz CT molecular complexity index is 811.